The van der Waals surface area contributed by atoms with E-state index in [4.69, 9.17) is 16.1 Å². The molecule has 12 heavy (non-hydrogen) atoms. The van der Waals surface area contributed by atoms with Gasteiger partial charge in [-0.25, -0.2) is 0 Å². The Hall–Kier alpha value is -1.34. The van der Waals surface area contributed by atoms with Crippen LogP contribution in [-0.2, 0) is 4.79 Å². The average Bonchev–Trinajstić information content (AvgIpc) is 1.99. The quantitative estimate of drug-likeness (QED) is 0.457. The number of rotatable bonds is 3. The number of hydrogen-bond donors (Lipinski definition) is 2. The van der Waals surface area contributed by atoms with Crippen LogP contribution in [0.15, 0.2) is 12.2 Å². The number of carbonyl (C=O) groups excluding carboxylic acids is 1. The van der Waals surface area contributed by atoms with Crippen LogP contribution in [0.5, 0.6) is 0 Å². The van der Waals surface area contributed by atoms with E-state index < -0.39 is 17.4 Å². The lowest BCUT2D eigenvalue weighted by Crippen LogP contribution is -2.26. The first-order valence-corrected chi connectivity index (χ1v) is 3.46. The number of primary amides is 1. The Bertz CT molecular complexity index is 238. The van der Waals surface area contributed by atoms with E-state index in [-0.39, 0.29) is 0 Å². The molecular formula is C8H12N2O2. The number of hydrogen-bond acceptors (Lipinski definition) is 3. The van der Waals surface area contributed by atoms with Gasteiger partial charge in [0.2, 0.25) is 5.91 Å². The van der Waals surface area contributed by atoms with Gasteiger partial charge in [-0.15, -0.1) is 0 Å². The third kappa shape index (κ3) is 3.17. The fourth-order valence-electron chi connectivity index (χ4n) is 0.554. The topological polar surface area (TPSA) is 87.1 Å². The van der Waals surface area contributed by atoms with Crippen molar-refractivity contribution < 1.29 is 9.90 Å². The van der Waals surface area contributed by atoms with Crippen LogP contribution in [0.1, 0.15) is 13.8 Å². The van der Waals surface area contributed by atoms with Crippen molar-refractivity contribution in [3.05, 3.63) is 12.2 Å². The monoisotopic (exact) mass is 168 g/mol. The molecule has 0 heterocycles. The first-order valence-electron chi connectivity index (χ1n) is 3.46. The molecule has 1 unspecified atom stereocenters. The van der Waals surface area contributed by atoms with Crippen LogP contribution >= 0.6 is 0 Å². The van der Waals surface area contributed by atoms with Gasteiger partial charge < -0.3 is 10.8 Å². The number of aliphatic hydroxyl groups is 1. The zero-order valence-electron chi connectivity index (χ0n) is 7.11. The Morgan fingerprint density at radius 2 is 2.25 bits per heavy atom. The molecule has 0 aromatic carbocycles. The lowest BCUT2D eigenvalue weighted by molar-refractivity contribution is -0.113. The molecule has 0 aliphatic rings. The molecule has 1 atom stereocenters. The van der Waals surface area contributed by atoms with Gasteiger partial charge in [-0.2, -0.15) is 5.26 Å². The van der Waals surface area contributed by atoms with Crippen LogP contribution in [-0.4, -0.2) is 17.1 Å². The zero-order chi connectivity index (χ0) is 9.78. The molecule has 0 spiro atoms. The molecule has 4 heteroatoms. The van der Waals surface area contributed by atoms with Crippen molar-refractivity contribution in [3.8, 4) is 6.07 Å². The Morgan fingerprint density at radius 3 is 2.58 bits per heavy atom. The fourth-order valence-corrected chi connectivity index (χ4v) is 0.554. The van der Waals surface area contributed by atoms with E-state index in [9.17, 15) is 4.79 Å². The van der Waals surface area contributed by atoms with Crippen molar-refractivity contribution in [1.29, 1.82) is 5.26 Å². The van der Waals surface area contributed by atoms with E-state index >= 15 is 0 Å². The number of amides is 1. The van der Waals surface area contributed by atoms with Gasteiger partial charge in [0.15, 0.2) is 0 Å². The molecule has 0 aromatic rings. The van der Waals surface area contributed by atoms with Crippen molar-refractivity contribution in [2.24, 2.45) is 11.1 Å². The fraction of sp³-hybridized carbons (Fsp3) is 0.500. The Labute approximate surface area is 71.3 Å². The van der Waals surface area contributed by atoms with Gasteiger partial charge in [0.05, 0.1) is 6.07 Å². The van der Waals surface area contributed by atoms with Crippen molar-refractivity contribution in [2.45, 2.75) is 20.0 Å². The van der Waals surface area contributed by atoms with Crippen LogP contribution < -0.4 is 5.73 Å². The maximum Gasteiger partial charge on any atom is 0.241 e. The summed E-state index contributed by atoms with van der Waals surface area (Å²) in [7, 11) is 0. The molecule has 0 fully saturated rings. The molecule has 0 saturated heterocycles. The third-order valence-corrected chi connectivity index (χ3v) is 1.50. The van der Waals surface area contributed by atoms with Gasteiger partial charge >= 0.3 is 0 Å². The summed E-state index contributed by atoms with van der Waals surface area (Å²) in [6, 6.07) is 1.68. The van der Waals surface area contributed by atoms with Crippen LogP contribution in [0.2, 0.25) is 0 Å². The maximum absolute atomic E-state index is 10.3. The highest BCUT2D eigenvalue weighted by Crippen LogP contribution is 2.21. The molecule has 0 rings (SSSR count). The van der Waals surface area contributed by atoms with Crippen LogP contribution in [0.25, 0.3) is 0 Å². The summed E-state index contributed by atoms with van der Waals surface area (Å²) in [5.41, 5.74) is 4.10. The predicted molar refractivity (Wildman–Crippen MR) is 43.7 cm³/mol. The number of carbonyl (C=O) groups is 1. The standard InChI is InChI=1S/C8H12N2O2/c1-8(2,6(11)5-9)4-3-7(10)12/h3-4,6,11H,1-2H3,(H2,10,12). The van der Waals surface area contributed by atoms with Crippen LogP contribution in [0, 0.1) is 16.7 Å². The second kappa shape index (κ2) is 3.88. The summed E-state index contributed by atoms with van der Waals surface area (Å²) in [5, 5.41) is 17.5. The zero-order valence-corrected chi connectivity index (χ0v) is 7.11. The summed E-state index contributed by atoms with van der Waals surface area (Å²) < 4.78 is 0. The minimum Gasteiger partial charge on any atom is -0.377 e. The van der Waals surface area contributed by atoms with Gasteiger partial charge in [0, 0.05) is 5.41 Å². The molecule has 0 bridgehead atoms. The summed E-state index contributed by atoms with van der Waals surface area (Å²) in [5.74, 6) is -0.590. The first-order chi connectivity index (χ1) is 5.40. The Kier molecular flexibility index (Phi) is 3.45. The van der Waals surface area contributed by atoms with E-state index in [0.29, 0.717) is 0 Å². The molecule has 0 aliphatic heterocycles. The highest BCUT2D eigenvalue weighted by atomic mass is 16.3. The molecular weight excluding hydrogens is 156 g/mol. The molecule has 3 N–H and O–H groups in total. The van der Waals surface area contributed by atoms with Crippen molar-refractivity contribution in [2.75, 3.05) is 0 Å². The van der Waals surface area contributed by atoms with Gasteiger partial charge in [-0.1, -0.05) is 19.9 Å². The van der Waals surface area contributed by atoms with E-state index in [1.165, 1.54) is 6.08 Å². The normalized spacial score (nSPS) is 14.2. The van der Waals surface area contributed by atoms with Gasteiger partial charge in [0.1, 0.15) is 6.10 Å². The van der Waals surface area contributed by atoms with E-state index in [2.05, 4.69) is 0 Å². The molecule has 0 aliphatic carbocycles. The smallest absolute Gasteiger partial charge is 0.241 e. The molecule has 0 aromatic heterocycles. The largest absolute Gasteiger partial charge is 0.377 e. The minimum absolute atomic E-state index is 0.590. The predicted octanol–water partition coefficient (Wildman–Crippen LogP) is -0.0614. The van der Waals surface area contributed by atoms with E-state index in [1.54, 1.807) is 19.9 Å². The average molecular weight is 168 g/mol. The second-order valence-electron chi connectivity index (χ2n) is 3.09. The van der Waals surface area contributed by atoms with Gasteiger partial charge in [-0.3, -0.25) is 4.79 Å². The number of nitriles is 1. The van der Waals surface area contributed by atoms with E-state index in [0.717, 1.165) is 6.08 Å². The number of nitrogens with zero attached hydrogens (tertiary/aromatic N) is 1. The summed E-state index contributed by atoms with van der Waals surface area (Å²) in [4.78, 5) is 10.3. The molecule has 66 valence electrons. The second-order valence-corrected chi connectivity index (χ2v) is 3.09. The van der Waals surface area contributed by atoms with Gasteiger partial charge in [0.25, 0.3) is 0 Å². The third-order valence-electron chi connectivity index (χ3n) is 1.50. The summed E-state index contributed by atoms with van der Waals surface area (Å²) >= 11 is 0. The number of aliphatic hydroxyl groups excluding tert-OH is 1. The summed E-state index contributed by atoms with van der Waals surface area (Å²) in [6.45, 7) is 3.28. The Balaban J connectivity index is 4.43. The molecule has 0 saturated carbocycles. The highest BCUT2D eigenvalue weighted by molar-refractivity contribution is 5.85. The van der Waals surface area contributed by atoms with Crippen LogP contribution in [0.4, 0.5) is 0 Å². The minimum atomic E-state index is -1.13. The highest BCUT2D eigenvalue weighted by Gasteiger charge is 2.24. The van der Waals surface area contributed by atoms with Crippen molar-refractivity contribution in [1.82, 2.24) is 0 Å². The molecule has 1 amide bonds. The van der Waals surface area contributed by atoms with Gasteiger partial charge in [-0.05, 0) is 6.08 Å². The lowest BCUT2D eigenvalue weighted by atomic mass is 9.87. The molecule has 4 nitrogen and oxygen atoms in total. The first kappa shape index (κ1) is 10.7. The summed E-state index contributed by atoms with van der Waals surface area (Å²) in [6.07, 6.45) is 1.43. The SMILES string of the molecule is CC(C)(C=CC(N)=O)C(O)C#N. The lowest BCUT2D eigenvalue weighted by Gasteiger charge is -2.20. The van der Waals surface area contributed by atoms with E-state index in [1.807, 2.05) is 0 Å². The van der Waals surface area contributed by atoms with Crippen molar-refractivity contribution >= 4 is 5.91 Å². The van der Waals surface area contributed by atoms with Crippen molar-refractivity contribution in [3.63, 3.8) is 0 Å². The molecule has 0 radical (unpaired) electrons. The Morgan fingerprint density at radius 1 is 1.75 bits per heavy atom. The maximum atomic E-state index is 10.3. The number of nitrogens with two attached hydrogens (primary N) is 1. The van der Waals surface area contributed by atoms with Crippen LogP contribution in [0.3, 0.4) is 0 Å².